The molecule has 0 saturated carbocycles. The van der Waals surface area contributed by atoms with Gasteiger partial charge in [0.15, 0.2) is 5.82 Å². The maximum Gasteiger partial charge on any atom is 0.260 e. The minimum absolute atomic E-state index is 0.110. The van der Waals surface area contributed by atoms with Gasteiger partial charge in [-0.1, -0.05) is 39.3 Å². The fraction of sp³-hybridized carbons (Fsp3) is 0.316. The largest absolute Gasteiger partial charge is 0.305 e. The van der Waals surface area contributed by atoms with Gasteiger partial charge in [-0.3, -0.25) is 9.89 Å². The van der Waals surface area contributed by atoms with Crippen LogP contribution in [0.2, 0.25) is 5.02 Å². The first-order valence-electron chi connectivity index (χ1n) is 8.57. The third kappa shape index (κ3) is 3.65. The molecule has 0 aliphatic heterocycles. The third-order valence-corrected chi connectivity index (χ3v) is 4.38. The van der Waals surface area contributed by atoms with Crippen molar-refractivity contribution >= 4 is 23.3 Å². The highest BCUT2D eigenvalue weighted by molar-refractivity contribution is 6.30. The van der Waals surface area contributed by atoms with Crippen LogP contribution in [-0.2, 0) is 0 Å². The van der Waals surface area contributed by atoms with Crippen molar-refractivity contribution in [1.82, 2.24) is 20.0 Å². The van der Waals surface area contributed by atoms with Gasteiger partial charge in [0.1, 0.15) is 0 Å². The second-order valence-corrected chi connectivity index (χ2v) is 7.24. The van der Waals surface area contributed by atoms with Gasteiger partial charge in [0, 0.05) is 16.8 Å². The lowest BCUT2D eigenvalue weighted by Gasteiger charge is -2.12. The number of aromatic amines is 1. The standard InChI is InChI=1S/C19H22ClN5O/c1-11(2)16-9-17(24-23-16)22-19(26)15-10-21-25(18(15)12(3)4)14-7-5-13(20)6-8-14/h5-12H,1-4H3,(H2,22,23,24,26). The topological polar surface area (TPSA) is 75.6 Å². The monoisotopic (exact) mass is 371 g/mol. The average Bonchev–Trinajstić information content (AvgIpc) is 3.22. The highest BCUT2D eigenvalue weighted by Crippen LogP contribution is 2.25. The number of rotatable bonds is 5. The number of carbonyl (C=O) groups excluding carboxylic acids is 1. The Bertz CT molecular complexity index is 908. The van der Waals surface area contributed by atoms with Crippen LogP contribution in [0.1, 0.15) is 61.3 Å². The number of halogens is 1. The zero-order valence-corrected chi connectivity index (χ0v) is 16.0. The van der Waals surface area contributed by atoms with Gasteiger partial charge in [0.25, 0.3) is 5.91 Å². The highest BCUT2D eigenvalue weighted by atomic mass is 35.5. The van der Waals surface area contributed by atoms with Crippen molar-refractivity contribution in [3.05, 3.63) is 58.5 Å². The molecule has 1 amide bonds. The van der Waals surface area contributed by atoms with Crippen LogP contribution in [0.15, 0.2) is 36.5 Å². The summed E-state index contributed by atoms with van der Waals surface area (Å²) in [5.74, 6) is 0.703. The number of hydrogen-bond donors (Lipinski definition) is 2. The number of carbonyl (C=O) groups is 1. The van der Waals surface area contributed by atoms with E-state index in [1.54, 1.807) is 23.0 Å². The second kappa shape index (κ2) is 7.33. The lowest BCUT2D eigenvalue weighted by atomic mass is 10.0. The van der Waals surface area contributed by atoms with Gasteiger partial charge in [-0.15, -0.1) is 0 Å². The number of nitrogens with zero attached hydrogens (tertiary/aromatic N) is 3. The zero-order valence-electron chi connectivity index (χ0n) is 15.2. The van der Waals surface area contributed by atoms with E-state index >= 15 is 0 Å². The summed E-state index contributed by atoms with van der Waals surface area (Å²) in [6.07, 6.45) is 1.59. The molecule has 3 aromatic rings. The number of benzene rings is 1. The highest BCUT2D eigenvalue weighted by Gasteiger charge is 2.21. The predicted molar refractivity (Wildman–Crippen MR) is 103 cm³/mol. The molecule has 2 aromatic heterocycles. The van der Waals surface area contributed by atoms with Crippen molar-refractivity contribution in [3.8, 4) is 5.69 Å². The van der Waals surface area contributed by atoms with E-state index in [1.165, 1.54) is 0 Å². The molecule has 0 unspecified atom stereocenters. The van der Waals surface area contributed by atoms with Crippen LogP contribution < -0.4 is 5.32 Å². The molecular weight excluding hydrogens is 350 g/mol. The van der Waals surface area contributed by atoms with Crippen molar-refractivity contribution in [1.29, 1.82) is 0 Å². The SMILES string of the molecule is CC(C)c1cc(NC(=O)c2cnn(-c3ccc(Cl)cc3)c2C(C)C)n[nH]1. The fourth-order valence-corrected chi connectivity index (χ4v) is 2.88. The summed E-state index contributed by atoms with van der Waals surface area (Å²) >= 11 is 5.97. The maximum absolute atomic E-state index is 12.8. The summed E-state index contributed by atoms with van der Waals surface area (Å²) in [7, 11) is 0. The molecular formula is C19H22ClN5O. The molecule has 6 nitrogen and oxygen atoms in total. The Morgan fingerprint density at radius 2 is 1.85 bits per heavy atom. The average molecular weight is 372 g/mol. The van der Waals surface area contributed by atoms with Crippen LogP contribution in [0.25, 0.3) is 5.69 Å². The van der Waals surface area contributed by atoms with E-state index in [4.69, 9.17) is 11.6 Å². The Kier molecular flexibility index (Phi) is 5.13. The Labute approximate surface area is 157 Å². The van der Waals surface area contributed by atoms with E-state index in [1.807, 2.05) is 32.0 Å². The molecule has 0 spiro atoms. The molecule has 0 fully saturated rings. The molecule has 0 aliphatic carbocycles. The van der Waals surface area contributed by atoms with Gasteiger partial charge >= 0.3 is 0 Å². The number of anilines is 1. The molecule has 0 bridgehead atoms. The van der Waals surface area contributed by atoms with Gasteiger partial charge in [-0.05, 0) is 36.1 Å². The summed E-state index contributed by atoms with van der Waals surface area (Å²) < 4.78 is 1.78. The van der Waals surface area contributed by atoms with E-state index in [2.05, 4.69) is 34.5 Å². The molecule has 2 heterocycles. The summed E-state index contributed by atoms with van der Waals surface area (Å²) in [5.41, 5.74) is 3.20. The van der Waals surface area contributed by atoms with E-state index in [-0.39, 0.29) is 11.8 Å². The molecule has 2 N–H and O–H groups in total. The maximum atomic E-state index is 12.8. The normalized spacial score (nSPS) is 11.3. The molecule has 3 rings (SSSR count). The Balaban J connectivity index is 1.91. The lowest BCUT2D eigenvalue weighted by molar-refractivity contribution is 0.102. The van der Waals surface area contributed by atoms with Crippen LogP contribution in [-0.4, -0.2) is 25.9 Å². The molecule has 0 radical (unpaired) electrons. The minimum Gasteiger partial charge on any atom is -0.305 e. The van der Waals surface area contributed by atoms with E-state index in [0.717, 1.165) is 17.1 Å². The molecule has 0 atom stereocenters. The Morgan fingerprint density at radius 3 is 2.42 bits per heavy atom. The van der Waals surface area contributed by atoms with Crippen molar-refractivity contribution in [2.45, 2.75) is 39.5 Å². The summed E-state index contributed by atoms with van der Waals surface area (Å²) in [6.45, 7) is 8.19. The van der Waals surface area contributed by atoms with Crippen LogP contribution in [0.5, 0.6) is 0 Å². The number of amides is 1. The van der Waals surface area contributed by atoms with E-state index in [9.17, 15) is 4.79 Å². The molecule has 0 saturated heterocycles. The summed E-state index contributed by atoms with van der Waals surface area (Å²) in [5, 5.41) is 15.0. The van der Waals surface area contributed by atoms with Crippen molar-refractivity contribution in [2.75, 3.05) is 5.32 Å². The summed E-state index contributed by atoms with van der Waals surface area (Å²) in [6, 6.07) is 9.22. The first-order chi connectivity index (χ1) is 12.4. The number of hydrogen-bond acceptors (Lipinski definition) is 3. The van der Waals surface area contributed by atoms with Gasteiger partial charge in [-0.25, -0.2) is 4.68 Å². The molecule has 7 heteroatoms. The summed E-state index contributed by atoms with van der Waals surface area (Å²) in [4.78, 5) is 12.8. The fourth-order valence-electron chi connectivity index (χ4n) is 2.76. The molecule has 26 heavy (non-hydrogen) atoms. The van der Waals surface area contributed by atoms with Crippen LogP contribution >= 0.6 is 11.6 Å². The van der Waals surface area contributed by atoms with Crippen LogP contribution in [0.4, 0.5) is 5.82 Å². The van der Waals surface area contributed by atoms with Gasteiger partial charge < -0.3 is 5.32 Å². The molecule has 1 aromatic carbocycles. The number of nitrogens with one attached hydrogen (secondary N) is 2. The Morgan fingerprint density at radius 1 is 1.15 bits per heavy atom. The number of H-pyrrole nitrogens is 1. The van der Waals surface area contributed by atoms with Crippen molar-refractivity contribution in [2.24, 2.45) is 0 Å². The smallest absolute Gasteiger partial charge is 0.260 e. The van der Waals surface area contributed by atoms with E-state index in [0.29, 0.717) is 22.3 Å². The molecule has 136 valence electrons. The van der Waals surface area contributed by atoms with Gasteiger partial charge in [0.05, 0.1) is 23.1 Å². The minimum atomic E-state index is -0.226. The predicted octanol–water partition coefficient (Wildman–Crippen LogP) is 4.75. The third-order valence-electron chi connectivity index (χ3n) is 4.13. The zero-order chi connectivity index (χ0) is 18.8. The Hall–Kier alpha value is -2.60. The quantitative estimate of drug-likeness (QED) is 0.679. The first-order valence-corrected chi connectivity index (χ1v) is 8.95. The van der Waals surface area contributed by atoms with Crippen LogP contribution in [0, 0.1) is 0 Å². The van der Waals surface area contributed by atoms with E-state index < -0.39 is 0 Å². The van der Waals surface area contributed by atoms with Crippen LogP contribution in [0.3, 0.4) is 0 Å². The van der Waals surface area contributed by atoms with Crippen molar-refractivity contribution in [3.63, 3.8) is 0 Å². The first kappa shape index (κ1) is 18.2. The number of aromatic nitrogens is 4. The molecule has 0 aliphatic rings. The van der Waals surface area contributed by atoms with Crippen molar-refractivity contribution < 1.29 is 4.79 Å². The van der Waals surface area contributed by atoms with Gasteiger partial charge in [0.2, 0.25) is 0 Å². The second-order valence-electron chi connectivity index (χ2n) is 6.80. The lowest BCUT2D eigenvalue weighted by Crippen LogP contribution is -2.15. The van der Waals surface area contributed by atoms with Gasteiger partial charge in [-0.2, -0.15) is 10.2 Å².